The Labute approximate surface area is 282 Å². The van der Waals surface area contributed by atoms with Gasteiger partial charge in [0.1, 0.15) is 11.5 Å². The third-order valence-electron chi connectivity index (χ3n) is 7.33. The van der Waals surface area contributed by atoms with Crippen LogP contribution in [0, 0.1) is 0 Å². The van der Waals surface area contributed by atoms with Gasteiger partial charge in [0.05, 0.1) is 0 Å². The molecule has 43 heavy (non-hydrogen) atoms. The number of rotatable bonds is 8. The molecule has 240 valence electrons. The minimum absolute atomic E-state index is 0. The van der Waals surface area contributed by atoms with Crippen LogP contribution < -0.4 is 38.6 Å². The van der Waals surface area contributed by atoms with Gasteiger partial charge in [-0.3, -0.25) is 19.6 Å². The molecule has 0 saturated carbocycles. The van der Waals surface area contributed by atoms with Gasteiger partial charge in [0.25, 0.3) is 0 Å². The molecule has 4 N–H and O–H groups in total. The van der Waals surface area contributed by atoms with Gasteiger partial charge in [-0.1, -0.05) is 121 Å². The fourth-order valence-corrected chi connectivity index (χ4v) is 5.89. The first-order valence-corrected chi connectivity index (χ1v) is 17.5. The van der Waals surface area contributed by atoms with Crippen LogP contribution >= 0.6 is 15.6 Å². The number of benzene rings is 2. The van der Waals surface area contributed by atoms with Crippen molar-refractivity contribution in [2.75, 3.05) is 0 Å². The SMILES string of the molecule is CCCC(c1cc(C(C)(C)C)cc(C(C)(C)C)c1OP(=O)(O)O)c1cc(C(C)(C)C)cc(C(C)(C)C)c1OP(=O)(O)O.[H-].[Na+]. The van der Waals surface area contributed by atoms with Crippen LogP contribution in [0.4, 0.5) is 0 Å². The van der Waals surface area contributed by atoms with Crippen LogP contribution in [-0.4, -0.2) is 19.6 Å². The van der Waals surface area contributed by atoms with E-state index in [2.05, 4.69) is 41.5 Å². The number of hydrogen-bond acceptors (Lipinski definition) is 4. The Hall–Kier alpha value is -0.660. The normalized spacial score (nSPS) is 13.6. The van der Waals surface area contributed by atoms with E-state index in [9.17, 15) is 28.7 Å². The van der Waals surface area contributed by atoms with Crippen LogP contribution in [0.25, 0.3) is 0 Å². The van der Waals surface area contributed by atoms with Gasteiger partial charge in [-0.25, -0.2) is 9.13 Å². The third-order valence-corrected chi connectivity index (χ3v) is 8.17. The summed E-state index contributed by atoms with van der Waals surface area (Å²) in [6, 6.07) is 7.72. The number of hydrogen-bond donors (Lipinski definition) is 4. The van der Waals surface area contributed by atoms with E-state index >= 15 is 0 Å². The largest absolute Gasteiger partial charge is 1.00 e. The van der Waals surface area contributed by atoms with Crippen molar-refractivity contribution >= 4 is 15.6 Å². The summed E-state index contributed by atoms with van der Waals surface area (Å²) in [5.74, 6) is -0.393. The van der Waals surface area contributed by atoms with Gasteiger partial charge in [-0.2, -0.15) is 0 Å². The number of phosphoric ester groups is 2. The molecule has 0 unspecified atom stereocenters. The zero-order valence-corrected chi connectivity index (χ0v) is 32.4. The van der Waals surface area contributed by atoms with Gasteiger partial charge in [0, 0.05) is 28.2 Å². The average Bonchev–Trinajstić information content (AvgIpc) is 2.72. The fraction of sp³-hybridized carbons (Fsp3) is 0.625. The van der Waals surface area contributed by atoms with Crippen molar-refractivity contribution in [3.8, 4) is 11.5 Å². The minimum Gasteiger partial charge on any atom is -1.00 e. The van der Waals surface area contributed by atoms with E-state index in [1.54, 1.807) is 0 Å². The molecule has 0 atom stereocenters. The zero-order chi connectivity index (χ0) is 32.9. The Morgan fingerprint density at radius 1 is 0.628 bits per heavy atom. The van der Waals surface area contributed by atoms with Gasteiger partial charge >= 0.3 is 45.2 Å². The minimum atomic E-state index is -4.99. The van der Waals surface area contributed by atoms with Crippen molar-refractivity contribution < 1.29 is 68.7 Å². The molecule has 0 amide bonds. The zero-order valence-electron chi connectivity index (χ0n) is 29.6. The second kappa shape index (κ2) is 13.6. The molecule has 0 radical (unpaired) electrons. The van der Waals surface area contributed by atoms with Gasteiger partial charge in [0.15, 0.2) is 0 Å². The summed E-state index contributed by atoms with van der Waals surface area (Å²) in [5.41, 5.74) is 2.51. The summed E-state index contributed by atoms with van der Waals surface area (Å²) in [5, 5.41) is 0. The van der Waals surface area contributed by atoms with Gasteiger partial charge in [0.2, 0.25) is 0 Å². The monoisotopic (exact) mass is 650 g/mol. The Kier molecular flexibility index (Phi) is 12.8. The molecule has 0 bridgehead atoms. The first-order valence-electron chi connectivity index (χ1n) is 14.4. The molecule has 0 aliphatic heterocycles. The molecule has 2 rings (SSSR count). The van der Waals surface area contributed by atoms with Crippen molar-refractivity contribution in [3.63, 3.8) is 0 Å². The summed E-state index contributed by atoms with van der Waals surface area (Å²) in [4.78, 5) is 40.3. The van der Waals surface area contributed by atoms with Crippen LogP contribution in [0.5, 0.6) is 11.5 Å². The van der Waals surface area contributed by atoms with E-state index < -0.39 is 32.4 Å². The molecule has 0 aromatic heterocycles. The fourth-order valence-electron chi connectivity index (χ4n) is 5.01. The summed E-state index contributed by atoms with van der Waals surface area (Å²) in [6.45, 7) is 26.1. The van der Waals surface area contributed by atoms with Crippen LogP contribution in [0.2, 0.25) is 0 Å². The van der Waals surface area contributed by atoms with Crippen molar-refractivity contribution in [2.24, 2.45) is 0 Å². The number of phosphoric acid groups is 2. The first-order chi connectivity index (χ1) is 18.6. The Balaban J connectivity index is 0.00000924. The molecule has 0 aliphatic carbocycles. The second-order valence-corrected chi connectivity index (χ2v) is 17.7. The summed E-state index contributed by atoms with van der Waals surface area (Å²) in [7, 11) is -9.98. The predicted octanol–water partition coefficient (Wildman–Crippen LogP) is 5.87. The van der Waals surface area contributed by atoms with E-state index in [0.29, 0.717) is 35.1 Å². The Morgan fingerprint density at radius 2 is 0.930 bits per heavy atom. The van der Waals surface area contributed by atoms with E-state index in [1.165, 1.54) is 0 Å². The van der Waals surface area contributed by atoms with Crippen LogP contribution in [-0.2, 0) is 30.8 Å². The van der Waals surface area contributed by atoms with Crippen molar-refractivity contribution in [2.45, 2.75) is 130 Å². The smallest absolute Gasteiger partial charge is 1.00 e. The standard InChI is InChI=1S/C32H52O8P2.Na.H/c1-14-15-22(23-16-20(29(2,3)4)18-25(31(8,9)10)27(23)39-41(33,34)35)24-17-21(30(5,6)7)19-26(32(11,12)13)28(24)40-42(36,37)38;;/h16-19,22H,14-15H2,1-13H3,(H2,33,34,35)(H2,36,37,38);;/q;+1;-1. The van der Waals surface area contributed by atoms with Gasteiger partial charge < -0.3 is 10.5 Å². The third kappa shape index (κ3) is 11.0. The Morgan fingerprint density at radius 3 is 1.14 bits per heavy atom. The van der Waals surface area contributed by atoms with E-state index in [4.69, 9.17) is 9.05 Å². The summed E-state index contributed by atoms with van der Waals surface area (Å²) >= 11 is 0. The molecule has 8 nitrogen and oxygen atoms in total. The molecule has 0 heterocycles. The van der Waals surface area contributed by atoms with Crippen molar-refractivity contribution in [1.29, 1.82) is 0 Å². The molecule has 0 fully saturated rings. The molecular weight excluding hydrogens is 597 g/mol. The van der Waals surface area contributed by atoms with E-state index in [1.807, 2.05) is 72.7 Å². The predicted molar refractivity (Wildman–Crippen MR) is 171 cm³/mol. The maximum Gasteiger partial charge on any atom is 1.00 e. The molecule has 2 aromatic carbocycles. The molecule has 2 aromatic rings. The average molecular weight is 651 g/mol. The van der Waals surface area contributed by atoms with Crippen LogP contribution in [0.1, 0.15) is 144 Å². The molecular formula is C32H53NaO8P2. The summed E-state index contributed by atoms with van der Waals surface area (Å²) < 4.78 is 35.8. The topological polar surface area (TPSA) is 134 Å². The quantitative estimate of drug-likeness (QED) is 0.206. The summed E-state index contributed by atoms with van der Waals surface area (Å²) in [6.07, 6.45) is 1.17. The Bertz CT molecular complexity index is 1280. The van der Waals surface area contributed by atoms with Crippen LogP contribution in [0.15, 0.2) is 24.3 Å². The van der Waals surface area contributed by atoms with Gasteiger partial charge in [-0.15, -0.1) is 0 Å². The van der Waals surface area contributed by atoms with Crippen molar-refractivity contribution in [3.05, 3.63) is 57.6 Å². The van der Waals surface area contributed by atoms with E-state index in [-0.39, 0.29) is 53.3 Å². The van der Waals surface area contributed by atoms with Crippen molar-refractivity contribution in [1.82, 2.24) is 0 Å². The molecule has 0 spiro atoms. The first kappa shape index (κ1) is 40.4. The maximum absolute atomic E-state index is 12.4. The van der Waals surface area contributed by atoms with Gasteiger partial charge in [-0.05, 0) is 39.2 Å². The second-order valence-electron chi connectivity index (χ2n) is 15.4. The molecule has 11 heteroatoms. The molecule has 0 saturated heterocycles. The van der Waals surface area contributed by atoms with Crippen LogP contribution in [0.3, 0.4) is 0 Å². The maximum atomic E-state index is 12.4. The van der Waals surface area contributed by atoms with E-state index in [0.717, 1.165) is 11.1 Å². The molecule has 0 aliphatic rings.